The van der Waals surface area contributed by atoms with Gasteiger partial charge in [0, 0.05) is 0 Å². The van der Waals surface area contributed by atoms with Crippen molar-refractivity contribution in [1.29, 1.82) is 0 Å². The van der Waals surface area contributed by atoms with Crippen molar-refractivity contribution in [2.45, 2.75) is 25.6 Å². The van der Waals surface area contributed by atoms with Gasteiger partial charge in [-0.3, -0.25) is 4.79 Å². The highest BCUT2D eigenvalue weighted by molar-refractivity contribution is 6.37. The Morgan fingerprint density at radius 1 is 1.03 bits per heavy atom. The highest BCUT2D eigenvalue weighted by atomic mass is 35.5. The molecule has 174 valence electrons. The topological polar surface area (TPSA) is 71.1 Å². The molecule has 0 spiro atoms. The van der Waals surface area contributed by atoms with Crippen LogP contribution in [0, 0.1) is 0 Å². The molecule has 0 saturated carbocycles. The first-order valence-corrected chi connectivity index (χ1v) is 10.1. The van der Waals surface area contributed by atoms with Gasteiger partial charge in [0.15, 0.2) is 5.75 Å². The molecule has 32 heavy (non-hydrogen) atoms. The zero-order chi connectivity index (χ0) is 23.7. The second kappa shape index (κ2) is 11.8. The van der Waals surface area contributed by atoms with Crippen molar-refractivity contribution in [3.63, 3.8) is 0 Å². The number of benzene rings is 2. The summed E-state index contributed by atoms with van der Waals surface area (Å²) in [5, 5.41) is -0.780. The number of ether oxygens (including phenoxy) is 4. The molecule has 0 aliphatic heterocycles. The second-order valence-corrected chi connectivity index (χ2v) is 7.03. The molecule has 0 aromatic heterocycles. The fraction of sp³-hybridized carbons (Fsp3) is 0.333. The largest absolute Gasteiger partial charge is 0.486 e. The van der Waals surface area contributed by atoms with E-state index in [4.69, 9.17) is 42.1 Å². The van der Waals surface area contributed by atoms with E-state index in [0.29, 0.717) is 17.9 Å². The van der Waals surface area contributed by atoms with Gasteiger partial charge in [0.25, 0.3) is 0 Å². The van der Waals surface area contributed by atoms with E-state index < -0.39 is 36.4 Å². The fourth-order valence-corrected chi connectivity index (χ4v) is 2.99. The van der Waals surface area contributed by atoms with Crippen molar-refractivity contribution in [2.75, 3.05) is 19.8 Å². The van der Waals surface area contributed by atoms with E-state index in [0.717, 1.165) is 0 Å². The molecule has 11 heteroatoms. The van der Waals surface area contributed by atoms with Crippen LogP contribution in [0.4, 0.5) is 13.2 Å². The Labute approximate surface area is 192 Å². The molecule has 2 aromatic rings. The Hall–Kier alpha value is -2.65. The molecular weight excluding hydrogens is 476 g/mol. The molecule has 2 rings (SSSR count). The van der Waals surface area contributed by atoms with Gasteiger partial charge < -0.3 is 18.9 Å². The van der Waals surface area contributed by atoms with Crippen LogP contribution < -0.4 is 9.47 Å². The summed E-state index contributed by atoms with van der Waals surface area (Å²) in [4.78, 5) is 23.9. The van der Waals surface area contributed by atoms with Crippen LogP contribution in [0.5, 0.6) is 11.5 Å². The molecule has 0 heterocycles. The maximum atomic E-state index is 12.9. The number of carbonyl (C=O) groups excluding carboxylic acids is 2. The van der Waals surface area contributed by atoms with E-state index in [1.165, 1.54) is 0 Å². The smallest absolute Gasteiger partial charge is 0.416 e. The van der Waals surface area contributed by atoms with Gasteiger partial charge >= 0.3 is 18.1 Å². The van der Waals surface area contributed by atoms with Gasteiger partial charge in [0.2, 0.25) is 6.10 Å². The van der Waals surface area contributed by atoms with E-state index in [9.17, 15) is 22.8 Å². The van der Waals surface area contributed by atoms with Gasteiger partial charge in [-0.15, -0.1) is 0 Å². The maximum absolute atomic E-state index is 12.9. The normalized spacial score (nSPS) is 12.1. The van der Waals surface area contributed by atoms with Crippen molar-refractivity contribution in [1.82, 2.24) is 0 Å². The lowest BCUT2D eigenvalue weighted by molar-refractivity contribution is -0.155. The zero-order valence-electron chi connectivity index (χ0n) is 16.8. The third-order valence-corrected chi connectivity index (χ3v) is 4.41. The van der Waals surface area contributed by atoms with Gasteiger partial charge in [-0.2, -0.15) is 13.2 Å². The standard InChI is InChI=1S/C21H19Cl2F3O6/c1-2-29-18(27)8-9-30-20(28)17(32-14-6-4-3-5-7-14)12-31-19-15(22)10-13(11-16(19)23)21(24,25)26/h3-7,10-11,17H,2,8-9,12H2,1H3. The van der Waals surface area contributed by atoms with Crippen LogP contribution in [-0.4, -0.2) is 37.9 Å². The summed E-state index contributed by atoms with van der Waals surface area (Å²) in [5.41, 5.74) is -1.05. The number of hydrogen-bond donors (Lipinski definition) is 0. The first-order chi connectivity index (χ1) is 15.1. The summed E-state index contributed by atoms with van der Waals surface area (Å²) < 4.78 is 59.5. The van der Waals surface area contributed by atoms with Crippen LogP contribution in [-0.2, 0) is 25.2 Å². The minimum Gasteiger partial charge on any atom is -0.486 e. The predicted octanol–water partition coefficient (Wildman–Crippen LogP) is 5.34. The Kier molecular flexibility index (Phi) is 9.46. The second-order valence-electron chi connectivity index (χ2n) is 6.22. The highest BCUT2D eigenvalue weighted by Crippen LogP contribution is 2.40. The van der Waals surface area contributed by atoms with Crippen molar-refractivity contribution in [3.8, 4) is 11.5 Å². The molecule has 0 fully saturated rings. The summed E-state index contributed by atoms with van der Waals surface area (Å²) in [6, 6.07) is 9.55. The number of halogens is 5. The number of esters is 2. The first kappa shape index (κ1) is 25.6. The quantitative estimate of drug-likeness (QED) is 0.415. The molecule has 2 aromatic carbocycles. The molecule has 0 N–H and O–H groups in total. The van der Waals surface area contributed by atoms with Crippen LogP contribution in [0.3, 0.4) is 0 Å². The third kappa shape index (κ3) is 7.80. The van der Waals surface area contributed by atoms with Crippen molar-refractivity contribution in [2.24, 2.45) is 0 Å². The average Bonchev–Trinajstić information content (AvgIpc) is 2.72. The van der Waals surface area contributed by atoms with Crippen LogP contribution in [0.2, 0.25) is 10.0 Å². The molecule has 0 saturated heterocycles. The summed E-state index contributed by atoms with van der Waals surface area (Å²) in [7, 11) is 0. The number of alkyl halides is 3. The lowest BCUT2D eigenvalue weighted by Crippen LogP contribution is -2.35. The van der Waals surface area contributed by atoms with E-state index in [2.05, 4.69) is 0 Å². The predicted molar refractivity (Wildman–Crippen MR) is 110 cm³/mol. The molecule has 1 atom stereocenters. The summed E-state index contributed by atoms with van der Waals surface area (Å²) in [5.74, 6) is -1.34. The summed E-state index contributed by atoms with van der Waals surface area (Å²) in [6.45, 7) is 1.10. The maximum Gasteiger partial charge on any atom is 0.416 e. The lowest BCUT2D eigenvalue weighted by Gasteiger charge is -2.20. The molecular formula is C21H19Cl2F3O6. The zero-order valence-corrected chi connectivity index (χ0v) is 18.3. The number of para-hydroxylation sites is 1. The fourth-order valence-electron chi connectivity index (χ4n) is 2.40. The molecule has 0 bridgehead atoms. The monoisotopic (exact) mass is 494 g/mol. The van der Waals surface area contributed by atoms with E-state index in [1.807, 2.05) is 0 Å². The Morgan fingerprint density at radius 3 is 2.22 bits per heavy atom. The SMILES string of the molecule is CCOC(=O)CCOC(=O)C(COc1c(Cl)cc(C(F)(F)F)cc1Cl)Oc1ccccc1. The molecule has 1 unspecified atom stereocenters. The Bertz CT molecular complexity index is 898. The molecule has 0 amide bonds. The van der Waals surface area contributed by atoms with Gasteiger partial charge in [-0.25, -0.2) is 4.79 Å². The van der Waals surface area contributed by atoms with E-state index in [1.54, 1.807) is 37.3 Å². The highest BCUT2D eigenvalue weighted by Gasteiger charge is 2.32. The third-order valence-electron chi connectivity index (χ3n) is 3.84. The average molecular weight is 495 g/mol. The van der Waals surface area contributed by atoms with Crippen LogP contribution in [0.1, 0.15) is 18.9 Å². The molecule has 0 aliphatic rings. The van der Waals surface area contributed by atoms with Crippen molar-refractivity contribution in [3.05, 3.63) is 58.1 Å². The van der Waals surface area contributed by atoms with Crippen LogP contribution in [0.25, 0.3) is 0 Å². The van der Waals surface area contributed by atoms with Gasteiger partial charge in [-0.05, 0) is 31.2 Å². The molecule has 0 aliphatic carbocycles. The lowest BCUT2D eigenvalue weighted by atomic mass is 10.2. The van der Waals surface area contributed by atoms with Gasteiger partial charge in [0.1, 0.15) is 19.0 Å². The van der Waals surface area contributed by atoms with Crippen LogP contribution >= 0.6 is 23.2 Å². The molecule has 0 radical (unpaired) electrons. The molecule has 6 nitrogen and oxygen atoms in total. The van der Waals surface area contributed by atoms with Crippen molar-refractivity contribution >= 4 is 35.1 Å². The summed E-state index contributed by atoms with van der Waals surface area (Å²) in [6.07, 6.45) is -6.13. The van der Waals surface area contributed by atoms with Gasteiger partial charge in [-0.1, -0.05) is 41.4 Å². The number of rotatable bonds is 10. The first-order valence-electron chi connectivity index (χ1n) is 9.34. The van der Waals surface area contributed by atoms with Crippen molar-refractivity contribution < 1.29 is 41.7 Å². The van der Waals surface area contributed by atoms with Gasteiger partial charge in [0.05, 0.1) is 28.6 Å². The van der Waals surface area contributed by atoms with E-state index >= 15 is 0 Å². The number of carbonyl (C=O) groups is 2. The minimum absolute atomic E-state index is 0.158. The summed E-state index contributed by atoms with van der Waals surface area (Å²) >= 11 is 11.8. The Morgan fingerprint density at radius 2 is 1.66 bits per heavy atom. The number of hydrogen-bond acceptors (Lipinski definition) is 6. The van der Waals surface area contributed by atoms with Crippen LogP contribution in [0.15, 0.2) is 42.5 Å². The minimum atomic E-state index is -4.65. The van der Waals surface area contributed by atoms with E-state index in [-0.39, 0.29) is 35.4 Å². The Balaban J connectivity index is 2.11.